The van der Waals surface area contributed by atoms with Gasteiger partial charge in [0.1, 0.15) is 18.5 Å². The average Bonchev–Trinajstić information content (AvgIpc) is 2.77. The zero-order valence-electron chi connectivity index (χ0n) is 18.3. The van der Waals surface area contributed by atoms with E-state index in [-0.39, 0.29) is 24.0 Å². The summed E-state index contributed by atoms with van der Waals surface area (Å²) >= 11 is 0. The van der Waals surface area contributed by atoms with Crippen molar-refractivity contribution in [2.75, 3.05) is 33.4 Å². The number of fused-ring (bicyclic) bond motifs is 1. The molecule has 0 saturated heterocycles. The number of nitrogens with one attached hydrogen (secondary N) is 1. The lowest BCUT2D eigenvalue weighted by atomic mass is 9.96. The third-order valence-corrected chi connectivity index (χ3v) is 5.30. The van der Waals surface area contributed by atoms with Crippen LogP contribution in [0, 0.1) is 5.92 Å². The fourth-order valence-electron chi connectivity index (χ4n) is 3.61. The second kappa shape index (κ2) is 10.3. The number of hydrogen-bond donors (Lipinski definition) is 1. The molecule has 0 fully saturated rings. The summed E-state index contributed by atoms with van der Waals surface area (Å²) in [5.41, 5.74) is 1.07. The first-order valence-corrected chi connectivity index (χ1v) is 10.5. The minimum atomic E-state index is -0.102. The highest BCUT2D eigenvalue weighted by atomic mass is 16.6. The number of nitrogens with zero attached hydrogens (tertiary/aromatic N) is 1. The Labute approximate surface area is 179 Å². The Kier molecular flexibility index (Phi) is 7.57. The Morgan fingerprint density at radius 2 is 1.87 bits per heavy atom. The maximum Gasteiger partial charge on any atom is 0.234 e. The third-order valence-electron chi connectivity index (χ3n) is 5.30. The number of para-hydroxylation sites is 2. The standard InChI is InChI=1S/C24H32N2O4/c1-5-26(14-20-16-29-21-8-6-7-9-22(21)30-20)15-23(27)25-24(17(2)3)18-10-12-19(28-4)13-11-18/h6-13,17,20,24H,5,14-16H2,1-4H3,(H,25,27). The zero-order valence-corrected chi connectivity index (χ0v) is 18.3. The van der Waals surface area contributed by atoms with E-state index in [4.69, 9.17) is 14.2 Å². The lowest BCUT2D eigenvalue weighted by Crippen LogP contribution is -2.46. The number of methoxy groups -OCH3 is 1. The maximum absolute atomic E-state index is 12.8. The Hall–Kier alpha value is -2.73. The number of benzene rings is 2. The van der Waals surface area contributed by atoms with Gasteiger partial charge in [0.25, 0.3) is 0 Å². The van der Waals surface area contributed by atoms with E-state index in [2.05, 4.69) is 24.1 Å². The molecule has 162 valence electrons. The van der Waals surface area contributed by atoms with Crippen molar-refractivity contribution in [3.8, 4) is 17.2 Å². The van der Waals surface area contributed by atoms with Crippen LogP contribution >= 0.6 is 0 Å². The van der Waals surface area contributed by atoms with Crippen LogP contribution in [0.5, 0.6) is 17.2 Å². The molecular formula is C24H32N2O4. The van der Waals surface area contributed by atoms with Crippen LogP contribution < -0.4 is 19.5 Å². The van der Waals surface area contributed by atoms with Crippen molar-refractivity contribution in [1.82, 2.24) is 10.2 Å². The Bertz CT molecular complexity index is 822. The van der Waals surface area contributed by atoms with Crippen LogP contribution in [-0.2, 0) is 4.79 Å². The molecule has 1 aliphatic rings. The van der Waals surface area contributed by atoms with Crippen LogP contribution in [0.3, 0.4) is 0 Å². The lowest BCUT2D eigenvalue weighted by Gasteiger charge is -2.31. The van der Waals surface area contributed by atoms with Crippen LogP contribution in [-0.4, -0.2) is 50.3 Å². The van der Waals surface area contributed by atoms with Gasteiger partial charge >= 0.3 is 0 Å². The third kappa shape index (κ3) is 5.66. The molecular weight excluding hydrogens is 380 g/mol. The molecule has 1 heterocycles. The first-order valence-electron chi connectivity index (χ1n) is 10.5. The molecule has 2 aromatic rings. The molecule has 0 radical (unpaired) electrons. The molecule has 1 N–H and O–H groups in total. The highest BCUT2D eigenvalue weighted by Crippen LogP contribution is 2.31. The van der Waals surface area contributed by atoms with Crippen molar-refractivity contribution in [3.05, 3.63) is 54.1 Å². The molecule has 0 bridgehead atoms. The fraction of sp³-hybridized carbons (Fsp3) is 0.458. The predicted molar refractivity (Wildman–Crippen MR) is 117 cm³/mol. The summed E-state index contributed by atoms with van der Waals surface area (Å²) in [4.78, 5) is 14.9. The highest BCUT2D eigenvalue weighted by Gasteiger charge is 2.25. The minimum Gasteiger partial charge on any atom is -0.497 e. The molecule has 0 aromatic heterocycles. The highest BCUT2D eigenvalue weighted by molar-refractivity contribution is 5.78. The Balaban J connectivity index is 1.57. The Morgan fingerprint density at radius 3 is 2.50 bits per heavy atom. The maximum atomic E-state index is 12.8. The predicted octanol–water partition coefficient (Wildman–Crippen LogP) is 3.67. The smallest absolute Gasteiger partial charge is 0.234 e. The molecule has 30 heavy (non-hydrogen) atoms. The molecule has 6 heteroatoms. The number of hydrogen-bond acceptors (Lipinski definition) is 5. The molecule has 1 aliphatic heterocycles. The number of carbonyl (C=O) groups excluding carboxylic acids is 1. The lowest BCUT2D eigenvalue weighted by molar-refractivity contribution is -0.123. The second-order valence-corrected chi connectivity index (χ2v) is 7.89. The molecule has 3 rings (SSSR count). The summed E-state index contributed by atoms with van der Waals surface area (Å²) < 4.78 is 17.1. The number of likely N-dealkylation sites (N-methyl/N-ethyl adjacent to an activating group) is 1. The summed E-state index contributed by atoms with van der Waals surface area (Å²) in [7, 11) is 1.65. The number of rotatable bonds is 9. The van der Waals surface area contributed by atoms with E-state index in [1.165, 1.54) is 0 Å². The van der Waals surface area contributed by atoms with Crippen molar-refractivity contribution in [1.29, 1.82) is 0 Å². The zero-order chi connectivity index (χ0) is 21.5. The van der Waals surface area contributed by atoms with Gasteiger partial charge in [0, 0.05) is 6.54 Å². The first kappa shape index (κ1) is 22.0. The normalized spacial score (nSPS) is 16.4. The van der Waals surface area contributed by atoms with E-state index in [9.17, 15) is 4.79 Å². The van der Waals surface area contributed by atoms with E-state index in [0.29, 0.717) is 19.7 Å². The van der Waals surface area contributed by atoms with Crippen LogP contribution in [0.2, 0.25) is 0 Å². The van der Waals surface area contributed by atoms with Gasteiger partial charge in [-0.05, 0) is 42.3 Å². The van der Waals surface area contributed by atoms with Crippen molar-refractivity contribution in [3.63, 3.8) is 0 Å². The number of amides is 1. The van der Waals surface area contributed by atoms with Gasteiger partial charge in [0.05, 0.1) is 19.7 Å². The SMILES string of the molecule is CCN(CC(=O)NC(c1ccc(OC)cc1)C(C)C)CC1COc2ccccc2O1. The fourth-order valence-corrected chi connectivity index (χ4v) is 3.61. The van der Waals surface area contributed by atoms with Crippen LogP contribution in [0.25, 0.3) is 0 Å². The van der Waals surface area contributed by atoms with Crippen LogP contribution in [0.1, 0.15) is 32.4 Å². The van der Waals surface area contributed by atoms with Crippen molar-refractivity contribution < 1.29 is 19.0 Å². The van der Waals surface area contributed by atoms with E-state index in [1.54, 1.807) is 7.11 Å². The van der Waals surface area contributed by atoms with E-state index >= 15 is 0 Å². The molecule has 2 atom stereocenters. The van der Waals surface area contributed by atoms with Crippen molar-refractivity contribution in [2.45, 2.75) is 32.9 Å². The summed E-state index contributed by atoms with van der Waals surface area (Å²) in [6.45, 7) is 8.45. The number of ether oxygens (including phenoxy) is 3. The van der Waals surface area contributed by atoms with Gasteiger partial charge in [-0.1, -0.05) is 45.0 Å². The minimum absolute atomic E-state index is 0.00324. The molecule has 2 aromatic carbocycles. The second-order valence-electron chi connectivity index (χ2n) is 7.89. The average molecular weight is 413 g/mol. The largest absolute Gasteiger partial charge is 0.497 e. The topological polar surface area (TPSA) is 60.0 Å². The van der Waals surface area contributed by atoms with E-state index in [0.717, 1.165) is 29.4 Å². The molecule has 0 aliphatic carbocycles. The van der Waals surface area contributed by atoms with Gasteiger partial charge in [-0.15, -0.1) is 0 Å². The summed E-state index contributed by atoms with van der Waals surface area (Å²) in [5.74, 6) is 2.61. The van der Waals surface area contributed by atoms with E-state index in [1.807, 2.05) is 55.5 Å². The van der Waals surface area contributed by atoms with Gasteiger partial charge < -0.3 is 19.5 Å². The molecule has 0 saturated carbocycles. The van der Waals surface area contributed by atoms with Crippen molar-refractivity contribution >= 4 is 5.91 Å². The first-order chi connectivity index (χ1) is 14.5. The quantitative estimate of drug-likeness (QED) is 0.681. The molecule has 1 amide bonds. The van der Waals surface area contributed by atoms with Crippen molar-refractivity contribution in [2.24, 2.45) is 5.92 Å². The van der Waals surface area contributed by atoms with E-state index < -0.39 is 0 Å². The number of carbonyl (C=O) groups is 1. The summed E-state index contributed by atoms with van der Waals surface area (Å²) in [6.07, 6.45) is -0.102. The van der Waals surface area contributed by atoms with Gasteiger partial charge in [0.15, 0.2) is 11.5 Å². The molecule has 6 nitrogen and oxygen atoms in total. The summed E-state index contributed by atoms with van der Waals surface area (Å²) in [6, 6.07) is 15.5. The van der Waals surface area contributed by atoms with Crippen LogP contribution in [0.15, 0.2) is 48.5 Å². The van der Waals surface area contributed by atoms with Gasteiger partial charge in [-0.3, -0.25) is 9.69 Å². The monoisotopic (exact) mass is 412 g/mol. The van der Waals surface area contributed by atoms with Crippen LogP contribution in [0.4, 0.5) is 0 Å². The molecule has 2 unspecified atom stereocenters. The van der Waals surface area contributed by atoms with Gasteiger partial charge in [0.2, 0.25) is 5.91 Å². The Morgan fingerprint density at radius 1 is 1.17 bits per heavy atom. The molecule has 0 spiro atoms. The van der Waals surface area contributed by atoms with Gasteiger partial charge in [-0.25, -0.2) is 0 Å². The summed E-state index contributed by atoms with van der Waals surface area (Å²) in [5, 5.41) is 3.19. The van der Waals surface area contributed by atoms with Gasteiger partial charge in [-0.2, -0.15) is 0 Å².